The Labute approximate surface area is 358 Å². The van der Waals surface area contributed by atoms with Gasteiger partial charge in [0.1, 0.15) is 6.04 Å². The number of aliphatic carboxylic acids is 1. The van der Waals surface area contributed by atoms with Crippen molar-refractivity contribution in [2.75, 3.05) is 59.4 Å². The number of hydrogen-bond donors (Lipinski definition) is 3. The quantitative estimate of drug-likeness (QED) is 0.202. The second-order valence-electron chi connectivity index (χ2n) is 17.6. The number of aryl methyl sites for hydroxylation is 1. The number of carbonyl (C=O) groups excluding carboxylic acids is 3. The number of fused-ring (bicyclic) bond motifs is 2. The van der Waals surface area contributed by atoms with E-state index in [9.17, 15) is 32.3 Å². The molecular formula is C44H57F3N8O7. The number of ether oxygens (including phenoxy) is 1. The number of para-hydroxylation sites is 1. The van der Waals surface area contributed by atoms with Gasteiger partial charge in [0.05, 0.1) is 10.9 Å². The van der Waals surface area contributed by atoms with Crippen molar-refractivity contribution >= 4 is 45.7 Å². The summed E-state index contributed by atoms with van der Waals surface area (Å²) in [6, 6.07) is 13.3. The lowest BCUT2D eigenvalue weighted by atomic mass is 9.89. The fourth-order valence-corrected chi connectivity index (χ4v) is 8.39. The summed E-state index contributed by atoms with van der Waals surface area (Å²) < 4.78 is 38.9. The molecule has 2 aromatic heterocycles. The van der Waals surface area contributed by atoms with Crippen LogP contribution in [-0.4, -0.2) is 141 Å². The molecule has 2 aromatic carbocycles. The van der Waals surface area contributed by atoms with Gasteiger partial charge in [-0.3, -0.25) is 19.3 Å². The highest BCUT2D eigenvalue weighted by Gasteiger charge is 2.38. The predicted molar refractivity (Wildman–Crippen MR) is 227 cm³/mol. The first-order valence-corrected chi connectivity index (χ1v) is 21.1. The SMILES string of the molecule is Cc1cc(CC(NC(=O)N2CCC(c3cc4ccccc4[nH]c3=O)CC2)C(=O)N2CCN(C3CCN(C)CC3)CC2)cc2cn(COC(=O)C(C)(C)C)nc12.O=C(O)C(F)(F)F. The van der Waals surface area contributed by atoms with Gasteiger partial charge in [-0.2, -0.15) is 18.3 Å². The van der Waals surface area contributed by atoms with E-state index in [1.807, 2.05) is 81.3 Å². The second-order valence-corrected chi connectivity index (χ2v) is 17.6. The molecule has 3 fully saturated rings. The third kappa shape index (κ3) is 11.5. The van der Waals surface area contributed by atoms with E-state index in [1.54, 1.807) is 9.58 Å². The summed E-state index contributed by atoms with van der Waals surface area (Å²) in [5, 5.41) is 16.8. The highest BCUT2D eigenvalue weighted by Crippen LogP contribution is 2.28. The van der Waals surface area contributed by atoms with Crippen molar-refractivity contribution in [1.29, 1.82) is 0 Å². The van der Waals surface area contributed by atoms with Crippen molar-refractivity contribution < 1.29 is 42.2 Å². The second kappa shape index (κ2) is 19.3. The highest BCUT2D eigenvalue weighted by molar-refractivity contribution is 5.88. The van der Waals surface area contributed by atoms with Crippen molar-refractivity contribution in [2.24, 2.45) is 5.41 Å². The number of amides is 3. The molecule has 0 radical (unpaired) electrons. The van der Waals surface area contributed by atoms with Crippen LogP contribution in [0, 0.1) is 12.3 Å². The van der Waals surface area contributed by atoms with E-state index in [2.05, 4.69) is 32.2 Å². The molecule has 5 heterocycles. The van der Waals surface area contributed by atoms with Crippen LogP contribution in [-0.2, 0) is 32.3 Å². The summed E-state index contributed by atoms with van der Waals surface area (Å²) in [7, 11) is 2.17. The molecule has 3 amide bonds. The lowest BCUT2D eigenvalue weighted by Crippen LogP contribution is -2.59. The smallest absolute Gasteiger partial charge is 0.475 e. The number of nitrogens with zero attached hydrogens (tertiary/aromatic N) is 6. The molecule has 3 saturated heterocycles. The average Bonchev–Trinajstić information content (AvgIpc) is 3.65. The zero-order valence-corrected chi connectivity index (χ0v) is 36.0. The summed E-state index contributed by atoms with van der Waals surface area (Å²) in [6.07, 6.45) is 0.710. The number of H-pyrrole nitrogens is 1. The minimum Gasteiger partial charge on any atom is -0.475 e. The van der Waals surface area contributed by atoms with Crippen LogP contribution in [0.25, 0.3) is 21.8 Å². The Morgan fingerprint density at radius 1 is 0.903 bits per heavy atom. The molecule has 0 spiro atoms. The number of piperidine rings is 2. The normalized spacial score (nSPS) is 18.0. The van der Waals surface area contributed by atoms with E-state index in [0.717, 1.165) is 77.5 Å². The van der Waals surface area contributed by atoms with Gasteiger partial charge in [0, 0.05) is 74.4 Å². The first kappa shape index (κ1) is 46.0. The maximum absolute atomic E-state index is 14.4. The van der Waals surface area contributed by atoms with Crippen LogP contribution in [0.2, 0.25) is 0 Å². The fourth-order valence-electron chi connectivity index (χ4n) is 8.39. The van der Waals surface area contributed by atoms with Crippen LogP contribution >= 0.6 is 0 Å². The Hall–Kier alpha value is -5.49. The highest BCUT2D eigenvalue weighted by atomic mass is 19.4. The fraction of sp³-hybridized carbons (Fsp3) is 0.545. The monoisotopic (exact) mass is 866 g/mol. The minimum absolute atomic E-state index is 0.00615. The van der Waals surface area contributed by atoms with Crippen molar-refractivity contribution in [2.45, 2.75) is 90.7 Å². The van der Waals surface area contributed by atoms with Gasteiger partial charge < -0.3 is 34.8 Å². The molecule has 18 heteroatoms. The van der Waals surface area contributed by atoms with E-state index in [4.69, 9.17) is 14.6 Å². The number of carboxylic acids is 1. The van der Waals surface area contributed by atoms with Crippen LogP contribution in [0.3, 0.4) is 0 Å². The first-order chi connectivity index (χ1) is 29.3. The molecule has 7 rings (SSSR count). The number of likely N-dealkylation sites (tertiary alicyclic amines) is 2. The number of alkyl halides is 3. The number of piperazine rings is 1. The summed E-state index contributed by atoms with van der Waals surface area (Å²) in [4.78, 5) is 74.2. The Morgan fingerprint density at radius 3 is 2.18 bits per heavy atom. The number of aromatic amines is 1. The third-order valence-electron chi connectivity index (χ3n) is 12.0. The molecule has 336 valence electrons. The van der Waals surface area contributed by atoms with Gasteiger partial charge in [-0.1, -0.05) is 24.3 Å². The van der Waals surface area contributed by atoms with Crippen molar-refractivity contribution in [1.82, 2.24) is 39.7 Å². The zero-order valence-electron chi connectivity index (χ0n) is 36.0. The molecule has 1 unspecified atom stereocenters. The van der Waals surface area contributed by atoms with Gasteiger partial charge in [0.15, 0.2) is 6.73 Å². The lowest BCUT2D eigenvalue weighted by molar-refractivity contribution is -0.192. The Balaban J connectivity index is 0.000000845. The number of urea groups is 1. The van der Waals surface area contributed by atoms with Gasteiger partial charge in [-0.25, -0.2) is 14.3 Å². The average molecular weight is 867 g/mol. The number of carbonyl (C=O) groups is 4. The van der Waals surface area contributed by atoms with Crippen LogP contribution in [0.4, 0.5) is 18.0 Å². The molecule has 62 heavy (non-hydrogen) atoms. The topological polar surface area (TPSA) is 173 Å². The van der Waals surface area contributed by atoms with Gasteiger partial charge in [-0.05, 0) is 114 Å². The number of halogens is 3. The van der Waals surface area contributed by atoms with E-state index in [1.165, 1.54) is 0 Å². The predicted octanol–water partition coefficient (Wildman–Crippen LogP) is 5.11. The molecule has 0 bridgehead atoms. The zero-order chi connectivity index (χ0) is 44.9. The number of nitrogens with one attached hydrogen (secondary N) is 2. The van der Waals surface area contributed by atoms with Crippen LogP contribution < -0.4 is 10.9 Å². The van der Waals surface area contributed by atoms with E-state index in [-0.39, 0.29) is 36.1 Å². The summed E-state index contributed by atoms with van der Waals surface area (Å²) in [5.74, 6) is -3.09. The first-order valence-electron chi connectivity index (χ1n) is 21.1. The lowest BCUT2D eigenvalue weighted by Gasteiger charge is -2.43. The largest absolute Gasteiger partial charge is 0.490 e. The third-order valence-corrected chi connectivity index (χ3v) is 12.0. The molecule has 3 N–H and O–H groups in total. The Morgan fingerprint density at radius 2 is 1.55 bits per heavy atom. The summed E-state index contributed by atoms with van der Waals surface area (Å²) in [6.45, 7) is 13.5. The molecule has 0 aliphatic carbocycles. The number of pyridine rings is 1. The van der Waals surface area contributed by atoms with Gasteiger partial charge >= 0.3 is 24.1 Å². The van der Waals surface area contributed by atoms with Crippen molar-refractivity contribution in [3.63, 3.8) is 0 Å². The van der Waals surface area contributed by atoms with Crippen molar-refractivity contribution in [3.05, 3.63) is 75.7 Å². The number of benzene rings is 2. The van der Waals surface area contributed by atoms with E-state index >= 15 is 0 Å². The maximum Gasteiger partial charge on any atom is 0.490 e. The number of esters is 1. The van der Waals surface area contributed by atoms with Gasteiger partial charge in [0.2, 0.25) is 5.91 Å². The Kier molecular flexibility index (Phi) is 14.3. The number of hydrogen-bond acceptors (Lipinski definition) is 9. The minimum atomic E-state index is -5.08. The van der Waals surface area contributed by atoms with E-state index in [0.29, 0.717) is 51.5 Å². The molecule has 0 saturated carbocycles. The molecule has 3 aliphatic heterocycles. The molecule has 1 atom stereocenters. The van der Waals surface area contributed by atoms with E-state index < -0.39 is 23.6 Å². The number of rotatable bonds is 8. The number of aromatic nitrogens is 3. The van der Waals surface area contributed by atoms with Crippen LogP contribution in [0.1, 0.15) is 69.1 Å². The summed E-state index contributed by atoms with van der Waals surface area (Å²) in [5.41, 5.74) is 3.52. The maximum atomic E-state index is 14.4. The molecule has 15 nitrogen and oxygen atoms in total. The summed E-state index contributed by atoms with van der Waals surface area (Å²) >= 11 is 0. The molecule has 3 aliphatic rings. The van der Waals surface area contributed by atoms with Crippen LogP contribution in [0.15, 0.2) is 53.5 Å². The van der Waals surface area contributed by atoms with Gasteiger partial charge in [-0.15, -0.1) is 0 Å². The van der Waals surface area contributed by atoms with Crippen molar-refractivity contribution in [3.8, 4) is 0 Å². The van der Waals surface area contributed by atoms with Gasteiger partial charge in [0.25, 0.3) is 5.56 Å². The molecular weight excluding hydrogens is 810 g/mol. The van der Waals surface area contributed by atoms with Crippen LogP contribution in [0.5, 0.6) is 0 Å². The molecule has 4 aromatic rings. The number of carboxylic acid groups (broad SMARTS) is 1. The standard InChI is InChI=1S/C42H56N8O5.C2HF3O2/c1-28-22-29(23-32-26-50(45-37(28)32)27-55-40(53)42(2,3)4)24-36(39(52)48-20-18-47(19-21-48)33-12-14-46(5)15-13-33)44-41(54)49-16-10-30(11-17-49)34-25-31-8-6-7-9-35(31)43-38(34)51;3-2(4,5)1(6)7/h6-9,22-23,25-26,30,33,36H,10-21,24,27H2,1-5H3,(H,43,51)(H,44,54);(H,6,7). The Bertz CT molecular complexity index is 2300.